The summed E-state index contributed by atoms with van der Waals surface area (Å²) in [6.45, 7) is 5.47. The molecule has 1 aliphatic heterocycles. The maximum absolute atomic E-state index is 12.1. The van der Waals surface area contributed by atoms with Gasteiger partial charge in [0.15, 0.2) is 0 Å². The highest BCUT2D eigenvalue weighted by molar-refractivity contribution is 5.91. The minimum Gasteiger partial charge on any atom is -0.351 e. The topological polar surface area (TPSA) is 72.4 Å². The van der Waals surface area contributed by atoms with Gasteiger partial charge >= 0.3 is 0 Å². The number of carbonyl (C=O) groups is 1. The third kappa shape index (κ3) is 2.49. The number of nitrogens with zero attached hydrogens (tertiary/aromatic N) is 2. The van der Waals surface area contributed by atoms with Crippen molar-refractivity contribution in [1.82, 2.24) is 10.1 Å². The second-order valence-electron chi connectivity index (χ2n) is 4.73. The summed E-state index contributed by atoms with van der Waals surface area (Å²) in [6.07, 6.45) is 1.84. The standard InChI is InChI=1S/C12H19N3O2/c1-3-8(2)10-6-11(17-14-10)12(16)15-5-4-9(13)7-15/h6,8-9H,3-5,7,13H2,1-2H3/t8-,9-/m0/s1. The lowest BCUT2D eigenvalue weighted by Gasteiger charge is -2.12. The van der Waals surface area contributed by atoms with Crippen LogP contribution < -0.4 is 5.73 Å². The highest BCUT2D eigenvalue weighted by Gasteiger charge is 2.27. The number of nitrogens with two attached hydrogens (primary N) is 1. The van der Waals surface area contributed by atoms with Gasteiger partial charge in [-0.3, -0.25) is 4.79 Å². The van der Waals surface area contributed by atoms with Gasteiger partial charge in [-0.2, -0.15) is 0 Å². The fourth-order valence-electron chi connectivity index (χ4n) is 1.96. The normalized spacial score (nSPS) is 21.8. The van der Waals surface area contributed by atoms with Crippen molar-refractivity contribution in [3.63, 3.8) is 0 Å². The van der Waals surface area contributed by atoms with Crippen LogP contribution in [0.3, 0.4) is 0 Å². The van der Waals surface area contributed by atoms with E-state index in [1.807, 2.05) is 0 Å². The molecule has 0 saturated carbocycles. The van der Waals surface area contributed by atoms with E-state index in [0.717, 1.165) is 18.5 Å². The van der Waals surface area contributed by atoms with Crippen LogP contribution in [0, 0.1) is 0 Å². The van der Waals surface area contributed by atoms with E-state index in [9.17, 15) is 4.79 Å². The molecule has 17 heavy (non-hydrogen) atoms. The van der Waals surface area contributed by atoms with Crippen molar-refractivity contribution < 1.29 is 9.32 Å². The lowest BCUT2D eigenvalue weighted by Crippen LogP contribution is -2.31. The van der Waals surface area contributed by atoms with Crippen LogP contribution in [-0.4, -0.2) is 35.1 Å². The molecule has 2 N–H and O–H groups in total. The van der Waals surface area contributed by atoms with E-state index in [0.29, 0.717) is 24.8 Å². The molecule has 1 amide bonds. The third-order valence-electron chi connectivity index (χ3n) is 3.37. The molecule has 1 fully saturated rings. The Bertz CT molecular complexity index is 402. The first-order chi connectivity index (χ1) is 8.11. The van der Waals surface area contributed by atoms with E-state index in [4.69, 9.17) is 10.3 Å². The van der Waals surface area contributed by atoms with Crippen LogP contribution in [0.15, 0.2) is 10.6 Å². The van der Waals surface area contributed by atoms with Crippen molar-refractivity contribution >= 4 is 5.91 Å². The summed E-state index contributed by atoms with van der Waals surface area (Å²) in [7, 11) is 0. The molecule has 2 atom stereocenters. The molecule has 0 aromatic carbocycles. The van der Waals surface area contributed by atoms with Gasteiger partial charge in [0.1, 0.15) is 0 Å². The molecule has 0 unspecified atom stereocenters. The quantitative estimate of drug-likeness (QED) is 0.861. The number of hydrogen-bond acceptors (Lipinski definition) is 4. The van der Waals surface area contributed by atoms with Gasteiger partial charge in [-0.1, -0.05) is 19.0 Å². The van der Waals surface area contributed by atoms with Gasteiger partial charge in [0, 0.05) is 31.1 Å². The molecular formula is C12H19N3O2. The van der Waals surface area contributed by atoms with E-state index in [1.165, 1.54) is 0 Å². The third-order valence-corrected chi connectivity index (χ3v) is 3.37. The van der Waals surface area contributed by atoms with Gasteiger partial charge in [0.25, 0.3) is 5.91 Å². The van der Waals surface area contributed by atoms with Crippen molar-refractivity contribution in [3.05, 3.63) is 17.5 Å². The molecule has 0 bridgehead atoms. The van der Waals surface area contributed by atoms with Gasteiger partial charge < -0.3 is 15.2 Å². The van der Waals surface area contributed by atoms with Crippen molar-refractivity contribution in [2.45, 2.75) is 38.6 Å². The zero-order chi connectivity index (χ0) is 12.4. The second kappa shape index (κ2) is 4.87. The van der Waals surface area contributed by atoms with E-state index in [-0.39, 0.29) is 11.9 Å². The first-order valence-corrected chi connectivity index (χ1v) is 6.13. The fraction of sp³-hybridized carbons (Fsp3) is 0.667. The number of carbonyl (C=O) groups excluding carboxylic acids is 1. The molecule has 1 aromatic rings. The van der Waals surface area contributed by atoms with Crippen LogP contribution in [0.1, 0.15) is 48.9 Å². The lowest BCUT2D eigenvalue weighted by molar-refractivity contribution is 0.0749. The number of rotatable bonds is 3. The number of hydrogen-bond donors (Lipinski definition) is 1. The van der Waals surface area contributed by atoms with Crippen molar-refractivity contribution in [2.75, 3.05) is 13.1 Å². The molecule has 0 aliphatic carbocycles. The van der Waals surface area contributed by atoms with Gasteiger partial charge in [-0.15, -0.1) is 0 Å². The maximum Gasteiger partial charge on any atom is 0.292 e. The Kier molecular flexibility index (Phi) is 3.47. The van der Waals surface area contributed by atoms with Crippen molar-refractivity contribution in [2.24, 2.45) is 5.73 Å². The summed E-state index contributed by atoms with van der Waals surface area (Å²) in [5, 5.41) is 3.94. The highest BCUT2D eigenvalue weighted by Crippen LogP contribution is 2.20. The molecule has 94 valence electrons. The monoisotopic (exact) mass is 237 g/mol. The van der Waals surface area contributed by atoms with Crippen LogP contribution in [0.2, 0.25) is 0 Å². The fourth-order valence-corrected chi connectivity index (χ4v) is 1.96. The summed E-state index contributed by atoms with van der Waals surface area (Å²) in [5.41, 5.74) is 6.62. The molecule has 2 rings (SSSR count). The summed E-state index contributed by atoms with van der Waals surface area (Å²) < 4.78 is 5.12. The van der Waals surface area contributed by atoms with Crippen LogP contribution in [0.25, 0.3) is 0 Å². The van der Waals surface area contributed by atoms with Crippen LogP contribution >= 0.6 is 0 Å². The smallest absolute Gasteiger partial charge is 0.292 e. The first-order valence-electron chi connectivity index (χ1n) is 6.13. The molecule has 1 saturated heterocycles. The lowest BCUT2D eigenvalue weighted by atomic mass is 10.1. The number of likely N-dealkylation sites (tertiary alicyclic amines) is 1. The van der Waals surface area contributed by atoms with Crippen molar-refractivity contribution in [1.29, 1.82) is 0 Å². The average molecular weight is 237 g/mol. The SMILES string of the molecule is CC[C@H](C)c1cc(C(=O)N2CC[C@H](N)C2)on1. The van der Waals surface area contributed by atoms with Gasteiger partial charge in [0.2, 0.25) is 5.76 Å². The minimum atomic E-state index is -0.0972. The summed E-state index contributed by atoms with van der Waals surface area (Å²) >= 11 is 0. The van der Waals surface area contributed by atoms with Gasteiger partial charge in [-0.25, -0.2) is 0 Å². The Morgan fingerprint density at radius 3 is 3.12 bits per heavy atom. The molecule has 5 nitrogen and oxygen atoms in total. The van der Waals surface area contributed by atoms with Crippen LogP contribution in [0.5, 0.6) is 0 Å². The largest absolute Gasteiger partial charge is 0.351 e. The molecule has 2 heterocycles. The molecule has 0 spiro atoms. The zero-order valence-electron chi connectivity index (χ0n) is 10.3. The number of amides is 1. The Morgan fingerprint density at radius 1 is 1.76 bits per heavy atom. The Hall–Kier alpha value is -1.36. The maximum atomic E-state index is 12.1. The molecule has 5 heteroatoms. The Labute approximate surface area is 101 Å². The van der Waals surface area contributed by atoms with E-state index >= 15 is 0 Å². The van der Waals surface area contributed by atoms with E-state index in [1.54, 1.807) is 11.0 Å². The minimum absolute atomic E-state index is 0.0934. The van der Waals surface area contributed by atoms with Gasteiger partial charge in [0.05, 0.1) is 5.69 Å². The van der Waals surface area contributed by atoms with Gasteiger partial charge in [-0.05, 0) is 12.8 Å². The zero-order valence-corrected chi connectivity index (χ0v) is 10.3. The Balaban J connectivity index is 2.07. The molecule has 1 aliphatic rings. The predicted octanol–water partition coefficient (Wildman–Crippen LogP) is 1.36. The summed E-state index contributed by atoms with van der Waals surface area (Å²) in [6, 6.07) is 1.84. The van der Waals surface area contributed by atoms with E-state index in [2.05, 4.69) is 19.0 Å². The Morgan fingerprint density at radius 2 is 2.53 bits per heavy atom. The molecule has 1 aromatic heterocycles. The summed E-state index contributed by atoms with van der Waals surface area (Å²) in [4.78, 5) is 13.8. The van der Waals surface area contributed by atoms with E-state index < -0.39 is 0 Å². The van der Waals surface area contributed by atoms with Crippen LogP contribution in [-0.2, 0) is 0 Å². The average Bonchev–Trinajstić information content (AvgIpc) is 2.95. The predicted molar refractivity (Wildman–Crippen MR) is 63.7 cm³/mol. The van der Waals surface area contributed by atoms with Crippen LogP contribution in [0.4, 0.5) is 0 Å². The first kappa shape index (κ1) is 12.1. The second-order valence-corrected chi connectivity index (χ2v) is 4.73. The van der Waals surface area contributed by atoms with Crippen molar-refractivity contribution in [3.8, 4) is 0 Å². The molecule has 0 radical (unpaired) electrons. The molecular weight excluding hydrogens is 218 g/mol. The number of aromatic nitrogens is 1. The summed E-state index contributed by atoms with van der Waals surface area (Å²) in [5.74, 6) is 0.551. The highest BCUT2D eigenvalue weighted by atomic mass is 16.5.